The fraction of sp³-hybridized carbons (Fsp3) is 0.545. The highest BCUT2D eigenvalue weighted by Gasteiger charge is 2.75. The molecule has 6 nitrogen and oxygen atoms in total. The van der Waals surface area contributed by atoms with Gasteiger partial charge in [0.15, 0.2) is 17.3 Å². The van der Waals surface area contributed by atoms with Crippen molar-refractivity contribution in [3.05, 3.63) is 71.0 Å². The number of hydrogen-bond donors (Lipinski definition) is 2. The SMILES string of the molecule is CC(C)=CC[C@]12C[C@@H](/C=C/C(C)(C)O)C(C)(C)[C@@]3(C[C@H](C(C)(C)O)OC3=C(C(=O)c3ccccc3)C1=O)C2=O. The Hall–Kier alpha value is -2.83. The monoisotopic (exact) mass is 534 g/mol. The molecule has 39 heavy (non-hydrogen) atoms. The molecule has 1 aromatic carbocycles. The van der Waals surface area contributed by atoms with Crippen LogP contribution in [0.2, 0.25) is 0 Å². The highest BCUT2D eigenvalue weighted by molar-refractivity contribution is 6.35. The molecular formula is C33H42O6. The first-order valence-corrected chi connectivity index (χ1v) is 13.8. The number of benzene rings is 1. The van der Waals surface area contributed by atoms with Crippen LogP contribution < -0.4 is 0 Å². The van der Waals surface area contributed by atoms with E-state index in [9.17, 15) is 24.6 Å². The first-order chi connectivity index (χ1) is 17.9. The van der Waals surface area contributed by atoms with Crippen molar-refractivity contribution in [2.45, 2.75) is 92.0 Å². The zero-order chi connectivity index (χ0) is 29.2. The van der Waals surface area contributed by atoms with E-state index in [1.165, 1.54) is 0 Å². The van der Waals surface area contributed by atoms with Crippen LogP contribution in [0.3, 0.4) is 0 Å². The zero-order valence-corrected chi connectivity index (χ0v) is 24.4. The molecular weight excluding hydrogens is 492 g/mol. The lowest BCUT2D eigenvalue weighted by atomic mass is 9.40. The van der Waals surface area contributed by atoms with Gasteiger partial charge >= 0.3 is 0 Å². The van der Waals surface area contributed by atoms with Gasteiger partial charge in [0, 0.05) is 12.0 Å². The van der Waals surface area contributed by atoms with Crippen LogP contribution >= 0.6 is 0 Å². The van der Waals surface area contributed by atoms with Crippen molar-refractivity contribution < 1.29 is 29.3 Å². The van der Waals surface area contributed by atoms with Gasteiger partial charge < -0.3 is 14.9 Å². The fourth-order valence-electron chi connectivity index (χ4n) is 6.60. The van der Waals surface area contributed by atoms with Crippen LogP contribution in [0.15, 0.2) is 65.5 Å². The highest BCUT2D eigenvalue weighted by Crippen LogP contribution is 2.70. The minimum atomic E-state index is -1.47. The molecule has 1 saturated carbocycles. The van der Waals surface area contributed by atoms with Gasteiger partial charge in [-0.25, -0.2) is 0 Å². The molecule has 2 N–H and O–H groups in total. The standard InChI is InChI=1S/C33H42O6/c1-20(2)14-17-32-18-22(15-16-29(3,4)37)30(5,6)33(28(32)36)19-23(31(7,8)38)39-27(33)24(26(32)35)25(34)21-12-10-9-11-13-21/h9-16,22-23,37-38H,17-19H2,1-8H3/b16-15+/t22-,23-,32+,33-/m1/s1. The Morgan fingerprint density at radius 3 is 2.21 bits per heavy atom. The molecule has 1 spiro atoms. The fourth-order valence-corrected chi connectivity index (χ4v) is 6.60. The first kappa shape index (κ1) is 29.2. The maximum Gasteiger partial charge on any atom is 0.200 e. The van der Waals surface area contributed by atoms with Crippen molar-refractivity contribution in [3.8, 4) is 0 Å². The average Bonchev–Trinajstić information content (AvgIpc) is 3.24. The summed E-state index contributed by atoms with van der Waals surface area (Å²) in [5, 5.41) is 21.6. The van der Waals surface area contributed by atoms with Gasteiger partial charge in [-0.2, -0.15) is 0 Å². The predicted molar refractivity (Wildman–Crippen MR) is 150 cm³/mol. The lowest BCUT2D eigenvalue weighted by Crippen LogP contribution is -2.65. The Morgan fingerprint density at radius 1 is 1.05 bits per heavy atom. The summed E-state index contributed by atoms with van der Waals surface area (Å²) in [6.45, 7) is 14.4. The summed E-state index contributed by atoms with van der Waals surface area (Å²) in [5.74, 6) is -1.41. The molecule has 0 amide bonds. The van der Waals surface area contributed by atoms with Crippen molar-refractivity contribution in [2.75, 3.05) is 0 Å². The van der Waals surface area contributed by atoms with Crippen molar-refractivity contribution in [2.24, 2.45) is 22.2 Å². The summed E-state index contributed by atoms with van der Waals surface area (Å²) in [6, 6.07) is 8.60. The van der Waals surface area contributed by atoms with E-state index in [0.29, 0.717) is 5.56 Å². The van der Waals surface area contributed by atoms with Crippen molar-refractivity contribution in [3.63, 3.8) is 0 Å². The molecule has 2 aliphatic carbocycles. The normalized spacial score (nSPS) is 30.3. The molecule has 1 aliphatic heterocycles. The summed E-state index contributed by atoms with van der Waals surface area (Å²) in [5.41, 5.74) is -4.74. The van der Waals surface area contributed by atoms with Gasteiger partial charge in [-0.3, -0.25) is 14.4 Å². The lowest BCUT2D eigenvalue weighted by Gasteiger charge is -2.58. The van der Waals surface area contributed by atoms with Gasteiger partial charge in [-0.1, -0.05) is 68.0 Å². The Morgan fingerprint density at radius 2 is 1.67 bits per heavy atom. The molecule has 1 heterocycles. The van der Waals surface area contributed by atoms with Crippen LogP contribution in [0, 0.1) is 22.2 Å². The van der Waals surface area contributed by atoms with E-state index < -0.39 is 45.1 Å². The molecule has 4 rings (SSSR count). The molecule has 0 radical (unpaired) electrons. The van der Waals surface area contributed by atoms with E-state index in [1.54, 1.807) is 64.1 Å². The summed E-state index contributed by atoms with van der Waals surface area (Å²) < 4.78 is 6.38. The Bertz CT molecular complexity index is 1280. The van der Waals surface area contributed by atoms with Crippen LogP contribution in [-0.4, -0.2) is 44.9 Å². The smallest absolute Gasteiger partial charge is 0.200 e. The maximum absolute atomic E-state index is 14.9. The molecule has 4 atom stereocenters. The number of hydrogen-bond acceptors (Lipinski definition) is 6. The van der Waals surface area contributed by atoms with Crippen molar-refractivity contribution in [1.82, 2.24) is 0 Å². The number of ketones is 3. The van der Waals surface area contributed by atoms with Crippen LogP contribution in [0.1, 0.15) is 85.0 Å². The quantitative estimate of drug-likeness (QED) is 0.206. The maximum atomic E-state index is 14.9. The lowest BCUT2D eigenvalue weighted by molar-refractivity contribution is -0.163. The van der Waals surface area contributed by atoms with Crippen molar-refractivity contribution >= 4 is 17.3 Å². The van der Waals surface area contributed by atoms with E-state index in [4.69, 9.17) is 4.74 Å². The third-order valence-electron chi connectivity index (χ3n) is 9.09. The van der Waals surface area contributed by atoms with E-state index in [-0.39, 0.29) is 42.3 Å². The first-order valence-electron chi connectivity index (χ1n) is 13.8. The average molecular weight is 535 g/mol. The molecule has 1 aromatic rings. The zero-order valence-electron chi connectivity index (χ0n) is 24.4. The second kappa shape index (κ2) is 9.38. The number of ether oxygens (including phenoxy) is 1. The summed E-state index contributed by atoms with van der Waals surface area (Å²) in [7, 11) is 0. The molecule has 0 unspecified atom stereocenters. The predicted octanol–water partition coefficient (Wildman–Crippen LogP) is 5.54. The topological polar surface area (TPSA) is 101 Å². The van der Waals surface area contributed by atoms with E-state index in [2.05, 4.69) is 0 Å². The molecule has 2 bridgehead atoms. The summed E-state index contributed by atoms with van der Waals surface area (Å²) >= 11 is 0. The molecule has 1 saturated heterocycles. The van der Waals surface area contributed by atoms with Gasteiger partial charge in [-0.15, -0.1) is 0 Å². The van der Waals surface area contributed by atoms with Gasteiger partial charge in [-0.05, 0) is 65.7 Å². The van der Waals surface area contributed by atoms with Crippen LogP contribution in [0.4, 0.5) is 0 Å². The Labute approximate surface area is 231 Å². The van der Waals surface area contributed by atoms with Gasteiger partial charge in [0.05, 0.1) is 22.0 Å². The number of aliphatic hydroxyl groups is 2. The second-order valence-electron chi connectivity index (χ2n) is 13.5. The molecule has 3 aliphatic rings. The van der Waals surface area contributed by atoms with Crippen LogP contribution in [0.5, 0.6) is 0 Å². The number of carbonyl (C=O) groups excluding carboxylic acids is 3. The number of fused-ring (bicyclic) bond motifs is 1. The van der Waals surface area contributed by atoms with E-state index in [0.717, 1.165) is 5.57 Å². The second-order valence-corrected chi connectivity index (χ2v) is 13.5. The van der Waals surface area contributed by atoms with Crippen LogP contribution in [-0.2, 0) is 14.3 Å². The minimum absolute atomic E-state index is 0.0762. The van der Waals surface area contributed by atoms with Gasteiger partial charge in [0.2, 0.25) is 0 Å². The van der Waals surface area contributed by atoms with Gasteiger partial charge in [0.25, 0.3) is 0 Å². The third-order valence-corrected chi connectivity index (χ3v) is 9.09. The molecule has 0 aromatic heterocycles. The summed E-state index contributed by atoms with van der Waals surface area (Å²) in [4.78, 5) is 43.5. The van der Waals surface area contributed by atoms with E-state index in [1.807, 2.05) is 39.8 Å². The Kier molecular flexibility index (Phi) is 7.01. The van der Waals surface area contributed by atoms with E-state index >= 15 is 0 Å². The molecule has 210 valence electrons. The number of carbonyl (C=O) groups is 3. The largest absolute Gasteiger partial charge is 0.490 e. The minimum Gasteiger partial charge on any atom is -0.490 e. The van der Waals surface area contributed by atoms with Crippen molar-refractivity contribution in [1.29, 1.82) is 0 Å². The number of allylic oxidation sites excluding steroid dienone is 5. The third kappa shape index (κ3) is 4.55. The highest BCUT2D eigenvalue weighted by atomic mass is 16.5. The summed E-state index contributed by atoms with van der Waals surface area (Å²) in [6.07, 6.45) is 5.27. The molecule has 2 fully saturated rings. The van der Waals surface area contributed by atoms with Crippen LogP contribution in [0.25, 0.3) is 0 Å². The number of rotatable bonds is 7. The van der Waals surface area contributed by atoms with Gasteiger partial charge in [0.1, 0.15) is 17.4 Å². The Balaban J connectivity index is 2.08. The number of Topliss-reactive ketones (excluding diaryl/α,β-unsaturated/α-hetero) is 3. The molecule has 6 heteroatoms.